The first-order valence-electron chi connectivity index (χ1n) is 7.29. The Bertz CT molecular complexity index is 201. The second-order valence-corrected chi connectivity index (χ2v) is 6.39. The van der Waals surface area contributed by atoms with Gasteiger partial charge in [0.25, 0.3) is 0 Å². The fraction of sp³-hybridized carbons (Fsp3) is 1.00. The zero-order chi connectivity index (χ0) is 13.9. The van der Waals surface area contributed by atoms with Crippen molar-refractivity contribution in [2.75, 3.05) is 76.2 Å². The van der Waals surface area contributed by atoms with Crippen LogP contribution in [-0.2, 0) is 0 Å². The summed E-state index contributed by atoms with van der Waals surface area (Å²) >= 11 is 13.1. The van der Waals surface area contributed by atoms with E-state index >= 15 is 0 Å². The summed E-state index contributed by atoms with van der Waals surface area (Å²) in [6.45, 7) is 10.3. The standard InChI is InChI=1S/C13H29N3S3/c17-11-8-14-2-1-3-15(9-12-18)5-7-16(6-4-14)10-13-19/h17-19H,1-13H2. The van der Waals surface area contributed by atoms with Crippen molar-refractivity contribution < 1.29 is 0 Å². The van der Waals surface area contributed by atoms with Crippen LogP contribution in [0.2, 0.25) is 0 Å². The molecule has 3 nitrogen and oxygen atoms in total. The van der Waals surface area contributed by atoms with Gasteiger partial charge in [0.05, 0.1) is 0 Å². The monoisotopic (exact) mass is 323 g/mol. The van der Waals surface area contributed by atoms with E-state index in [0.717, 1.165) is 50.0 Å². The fourth-order valence-electron chi connectivity index (χ4n) is 2.51. The summed E-state index contributed by atoms with van der Waals surface area (Å²) in [5, 5.41) is 0. The topological polar surface area (TPSA) is 9.72 Å². The smallest absolute Gasteiger partial charge is 0.0110 e. The maximum atomic E-state index is 4.38. The molecule has 1 rings (SSSR count). The van der Waals surface area contributed by atoms with Crippen molar-refractivity contribution in [3.05, 3.63) is 0 Å². The molecule has 0 spiro atoms. The van der Waals surface area contributed by atoms with E-state index < -0.39 is 0 Å². The van der Waals surface area contributed by atoms with Crippen molar-refractivity contribution in [1.82, 2.24) is 14.7 Å². The van der Waals surface area contributed by atoms with Gasteiger partial charge in [0.1, 0.15) is 0 Å². The minimum atomic E-state index is 0.944. The summed E-state index contributed by atoms with van der Waals surface area (Å²) in [4.78, 5) is 7.63. The molecule has 0 aromatic rings. The first-order valence-corrected chi connectivity index (χ1v) is 9.19. The van der Waals surface area contributed by atoms with Crippen molar-refractivity contribution in [1.29, 1.82) is 0 Å². The minimum Gasteiger partial charge on any atom is -0.301 e. The van der Waals surface area contributed by atoms with Crippen molar-refractivity contribution in [2.45, 2.75) is 6.42 Å². The third-order valence-electron chi connectivity index (χ3n) is 3.66. The molecule has 0 bridgehead atoms. The van der Waals surface area contributed by atoms with Gasteiger partial charge in [-0.2, -0.15) is 37.9 Å². The lowest BCUT2D eigenvalue weighted by molar-refractivity contribution is 0.161. The van der Waals surface area contributed by atoms with Gasteiger partial charge in [-0.3, -0.25) is 4.90 Å². The van der Waals surface area contributed by atoms with Crippen LogP contribution in [-0.4, -0.2) is 90.9 Å². The number of thiol groups is 3. The number of hydrogen-bond donors (Lipinski definition) is 3. The van der Waals surface area contributed by atoms with Gasteiger partial charge in [-0.1, -0.05) is 0 Å². The molecule has 0 radical (unpaired) electrons. The summed E-state index contributed by atoms with van der Waals surface area (Å²) in [5.74, 6) is 2.85. The second kappa shape index (κ2) is 11.6. The highest BCUT2D eigenvalue weighted by molar-refractivity contribution is 7.80. The molecule has 1 aliphatic rings. The van der Waals surface area contributed by atoms with Gasteiger partial charge < -0.3 is 9.80 Å². The molecule has 0 atom stereocenters. The SMILES string of the molecule is SCCN1CCCN(CCS)CCN(CCS)CC1. The lowest BCUT2D eigenvalue weighted by Gasteiger charge is -2.32. The van der Waals surface area contributed by atoms with E-state index in [1.54, 1.807) is 0 Å². The molecule has 6 heteroatoms. The highest BCUT2D eigenvalue weighted by Gasteiger charge is 2.13. The van der Waals surface area contributed by atoms with Crippen LogP contribution in [0.15, 0.2) is 0 Å². The fourth-order valence-corrected chi connectivity index (χ4v) is 3.36. The first kappa shape index (κ1) is 18.0. The average Bonchev–Trinajstić information content (AvgIpc) is 2.41. The van der Waals surface area contributed by atoms with E-state index in [2.05, 4.69) is 52.6 Å². The lowest BCUT2D eigenvalue weighted by atomic mass is 10.3. The van der Waals surface area contributed by atoms with Gasteiger partial charge in [-0.05, 0) is 19.5 Å². The largest absolute Gasteiger partial charge is 0.301 e. The molecular formula is C13H29N3S3. The van der Waals surface area contributed by atoms with Gasteiger partial charge in [0, 0.05) is 63.1 Å². The molecule has 0 aliphatic carbocycles. The average molecular weight is 324 g/mol. The van der Waals surface area contributed by atoms with E-state index in [1.807, 2.05) is 0 Å². The maximum Gasteiger partial charge on any atom is 0.0110 e. The number of hydrogen-bond acceptors (Lipinski definition) is 6. The highest BCUT2D eigenvalue weighted by atomic mass is 32.1. The number of rotatable bonds is 6. The van der Waals surface area contributed by atoms with Crippen molar-refractivity contribution in [3.8, 4) is 0 Å². The van der Waals surface area contributed by atoms with E-state index in [9.17, 15) is 0 Å². The second-order valence-electron chi connectivity index (χ2n) is 5.05. The van der Waals surface area contributed by atoms with Crippen LogP contribution in [0, 0.1) is 0 Å². The van der Waals surface area contributed by atoms with E-state index in [4.69, 9.17) is 0 Å². The van der Waals surface area contributed by atoms with Crippen molar-refractivity contribution >= 4 is 37.9 Å². The zero-order valence-corrected chi connectivity index (χ0v) is 14.6. The Morgan fingerprint density at radius 3 is 1.16 bits per heavy atom. The Balaban J connectivity index is 2.49. The Labute approximate surface area is 135 Å². The molecule has 0 saturated carbocycles. The Morgan fingerprint density at radius 2 is 0.842 bits per heavy atom. The minimum absolute atomic E-state index is 0.944. The number of nitrogens with zero attached hydrogens (tertiary/aromatic N) is 3. The third kappa shape index (κ3) is 8.07. The molecule has 0 amide bonds. The van der Waals surface area contributed by atoms with Gasteiger partial charge >= 0.3 is 0 Å². The molecule has 1 fully saturated rings. The quantitative estimate of drug-likeness (QED) is 0.632. The Kier molecular flexibility index (Phi) is 11.0. The van der Waals surface area contributed by atoms with Crippen LogP contribution in [0.25, 0.3) is 0 Å². The Morgan fingerprint density at radius 1 is 0.526 bits per heavy atom. The molecular weight excluding hydrogens is 294 g/mol. The van der Waals surface area contributed by atoms with E-state index in [0.29, 0.717) is 0 Å². The molecule has 0 N–H and O–H groups in total. The normalized spacial score (nSPS) is 21.6. The predicted molar refractivity (Wildman–Crippen MR) is 95.5 cm³/mol. The zero-order valence-electron chi connectivity index (χ0n) is 11.9. The van der Waals surface area contributed by atoms with Crippen LogP contribution in [0.5, 0.6) is 0 Å². The van der Waals surface area contributed by atoms with E-state index in [1.165, 1.54) is 32.6 Å². The predicted octanol–water partition coefficient (Wildman–Crippen LogP) is 1.09. The molecule has 1 saturated heterocycles. The highest BCUT2D eigenvalue weighted by Crippen LogP contribution is 2.03. The summed E-state index contributed by atoms with van der Waals surface area (Å²) in [6, 6.07) is 0. The van der Waals surface area contributed by atoms with Gasteiger partial charge in [0.15, 0.2) is 0 Å². The van der Waals surface area contributed by atoms with Gasteiger partial charge in [-0.15, -0.1) is 0 Å². The van der Waals surface area contributed by atoms with Gasteiger partial charge in [-0.25, -0.2) is 0 Å². The molecule has 1 heterocycles. The van der Waals surface area contributed by atoms with Crippen LogP contribution < -0.4 is 0 Å². The maximum absolute atomic E-state index is 4.38. The van der Waals surface area contributed by atoms with Crippen LogP contribution in [0.4, 0.5) is 0 Å². The molecule has 0 aromatic heterocycles. The summed E-state index contributed by atoms with van der Waals surface area (Å²) < 4.78 is 0. The van der Waals surface area contributed by atoms with E-state index in [-0.39, 0.29) is 0 Å². The molecule has 114 valence electrons. The van der Waals surface area contributed by atoms with Gasteiger partial charge in [0.2, 0.25) is 0 Å². The molecule has 0 unspecified atom stereocenters. The lowest BCUT2D eigenvalue weighted by Crippen LogP contribution is -2.44. The summed E-state index contributed by atoms with van der Waals surface area (Å²) in [5.41, 5.74) is 0. The molecule has 0 aromatic carbocycles. The molecule has 19 heavy (non-hydrogen) atoms. The van der Waals surface area contributed by atoms with Crippen molar-refractivity contribution in [3.63, 3.8) is 0 Å². The van der Waals surface area contributed by atoms with Crippen LogP contribution >= 0.6 is 37.9 Å². The summed E-state index contributed by atoms with van der Waals surface area (Å²) in [6.07, 6.45) is 1.26. The molecule has 1 aliphatic heterocycles. The third-order valence-corrected chi connectivity index (χ3v) is 4.26. The van der Waals surface area contributed by atoms with Crippen LogP contribution in [0.1, 0.15) is 6.42 Å². The van der Waals surface area contributed by atoms with Crippen LogP contribution in [0.3, 0.4) is 0 Å². The van der Waals surface area contributed by atoms with Crippen molar-refractivity contribution in [2.24, 2.45) is 0 Å². The summed E-state index contributed by atoms with van der Waals surface area (Å²) in [7, 11) is 0. The first-order chi connectivity index (χ1) is 9.30. The Hall–Kier alpha value is 0.930.